The van der Waals surface area contributed by atoms with Crippen LogP contribution >= 0.6 is 0 Å². The molecule has 0 bridgehead atoms. The molecule has 3 unspecified atom stereocenters. The van der Waals surface area contributed by atoms with Gasteiger partial charge in [0.15, 0.2) is 0 Å². The van der Waals surface area contributed by atoms with E-state index >= 15 is 0 Å². The minimum absolute atomic E-state index is 0.188. The molecular weight excluding hydrogens is 252 g/mol. The number of rotatable bonds is 7. The molecular formula is C16H32N2O2. The Bertz CT molecular complexity index is 305. The lowest BCUT2D eigenvalue weighted by molar-refractivity contribution is -0.146. The number of hydrogen-bond acceptors (Lipinski definition) is 3. The first-order valence-electron chi connectivity index (χ1n) is 7.92. The molecule has 0 aromatic heterocycles. The molecule has 1 saturated carbocycles. The van der Waals surface area contributed by atoms with Gasteiger partial charge in [-0.15, -0.1) is 0 Å². The van der Waals surface area contributed by atoms with Crippen LogP contribution in [-0.4, -0.2) is 60.6 Å². The Morgan fingerprint density at radius 3 is 2.40 bits per heavy atom. The second-order valence-electron chi connectivity index (χ2n) is 7.12. The third-order valence-electron chi connectivity index (χ3n) is 4.30. The van der Waals surface area contributed by atoms with Crippen molar-refractivity contribution in [2.75, 3.05) is 33.7 Å². The summed E-state index contributed by atoms with van der Waals surface area (Å²) in [5.74, 6) is 0.418. The van der Waals surface area contributed by atoms with Crippen LogP contribution in [0.5, 0.6) is 0 Å². The Morgan fingerprint density at radius 1 is 1.25 bits per heavy atom. The Hall–Kier alpha value is -0.610. The minimum atomic E-state index is -0.611. The molecule has 20 heavy (non-hydrogen) atoms. The molecule has 0 spiro atoms. The van der Waals surface area contributed by atoms with Gasteiger partial charge in [-0.1, -0.05) is 20.8 Å². The molecule has 118 valence electrons. The van der Waals surface area contributed by atoms with Gasteiger partial charge in [0.2, 0.25) is 0 Å². The Kier molecular flexibility index (Phi) is 6.96. The average molecular weight is 284 g/mol. The number of carbonyl (C=O) groups is 1. The van der Waals surface area contributed by atoms with Crippen molar-refractivity contribution in [1.82, 2.24) is 9.80 Å². The van der Waals surface area contributed by atoms with Gasteiger partial charge in [-0.3, -0.25) is 9.69 Å². The SMILES string of the molecule is CC(C)CN(CCN(C)C)C1CC(C)CCC1C(=O)O. The molecule has 1 fully saturated rings. The van der Waals surface area contributed by atoms with E-state index in [1.165, 1.54) is 0 Å². The molecule has 0 aliphatic heterocycles. The summed E-state index contributed by atoms with van der Waals surface area (Å²) in [4.78, 5) is 16.2. The fourth-order valence-electron chi connectivity index (χ4n) is 3.23. The molecule has 0 heterocycles. The maximum absolute atomic E-state index is 11.6. The lowest BCUT2D eigenvalue weighted by Gasteiger charge is -2.41. The standard InChI is InChI=1S/C16H32N2O2/c1-12(2)11-18(9-8-17(4)5)15-10-13(3)6-7-14(15)16(19)20/h12-15H,6-11H2,1-5H3,(H,19,20). The quantitative estimate of drug-likeness (QED) is 0.779. The zero-order chi connectivity index (χ0) is 15.3. The van der Waals surface area contributed by atoms with Crippen molar-refractivity contribution < 1.29 is 9.90 Å². The van der Waals surface area contributed by atoms with Gasteiger partial charge in [0.05, 0.1) is 5.92 Å². The van der Waals surface area contributed by atoms with Gasteiger partial charge < -0.3 is 10.0 Å². The summed E-state index contributed by atoms with van der Waals surface area (Å²) in [6.07, 6.45) is 2.91. The summed E-state index contributed by atoms with van der Waals surface area (Å²) in [5, 5.41) is 9.52. The van der Waals surface area contributed by atoms with Crippen molar-refractivity contribution in [2.45, 2.75) is 46.1 Å². The molecule has 1 N–H and O–H groups in total. The predicted molar refractivity (Wildman–Crippen MR) is 82.9 cm³/mol. The highest BCUT2D eigenvalue weighted by atomic mass is 16.4. The molecule has 0 aromatic rings. The first-order valence-corrected chi connectivity index (χ1v) is 7.92. The molecule has 1 rings (SSSR count). The largest absolute Gasteiger partial charge is 0.481 e. The summed E-state index contributed by atoms with van der Waals surface area (Å²) in [7, 11) is 4.15. The first kappa shape index (κ1) is 17.4. The van der Waals surface area contributed by atoms with Crippen LogP contribution in [-0.2, 0) is 4.79 Å². The van der Waals surface area contributed by atoms with E-state index < -0.39 is 5.97 Å². The smallest absolute Gasteiger partial charge is 0.308 e. The highest BCUT2D eigenvalue weighted by Crippen LogP contribution is 2.32. The van der Waals surface area contributed by atoms with E-state index in [0.717, 1.165) is 38.9 Å². The highest BCUT2D eigenvalue weighted by molar-refractivity contribution is 5.71. The van der Waals surface area contributed by atoms with Crippen LogP contribution in [0.4, 0.5) is 0 Å². The van der Waals surface area contributed by atoms with Gasteiger partial charge in [0.1, 0.15) is 0 Å². The Morgan fingerprint density at radius 2 is 1.90 bits per heavy atom. The molecule has 3 atom stereocenters. The van der Waals surface area contributed by atoms with Gasteiger partial charge in [0, 0.05) is 25.7 Å². The molecule has 0 amide bonds. The average Bonchev–Trinajstić information content (AvgIpc) is 2.33. The van der Waals surface area contributed by atoms with Gasteiger partial charge >= 0.3 is 5.97 Å². The Labute approximate surface area is 124 Å². The molecule has 0 aromatic carbocycles. The second-order valence-corrected chi connectivity index (χ2v) is 7.12. The van der Waals surface area contributed by atoms with Crippen molar-refractivity contribution in [2.24, 2.45) is 17.8 Å². The van der Waals surface area contributed by atoms with Crippen LogP contribution in [0.15, 0.2) is 0 Å². The van der Waals surface area contributed by atoms with Gasteiger partial charge in [-0.25, -0.2) is 0 Å². The molecule has 4 nitrogen and oxygen atoms in total. The maximum atomic E-state index is 11.6. The van der Waals surface area contributed by atoms with E-state index in [2.05, 4.69) is 44.7 Å². The second kappa shape index (κ2) is 7.99. The van der Waals surface area contributed by atoms with E-state index in [9.17, 15) is 9.90 Å². The normalized spacial score (nSPS) is 27.5. The highest BCUT2D eigenvalue weighted by Gasteiger charge is 2.37. The molecule has 1 aliphatic rings. The number of likely N-dealkylation sites (N-methyl/N-ethyl adjacent to an activating group) is 1. The maximum Gasteiger partial charge on any atom is 0.308 e. The van der Waals surface area contributed by atoms with E-state index in [1.54, 1.807) is 0 Å². The topological polar surface area (TPSA) is 43.8 Å². The first-order chi connectivity index (χ1) is 9.31. The van der Waals surface area contributed by atoms with Crippen LogP contribution < -0.4 is 0 Å². The lowest BCUT2D eigenvalue weighted by atomic mass is 9.78. The van der Waals surface area contributed by atoms with Crippen molar-refractivity contribution in [1.29, 1.82) is 0 Å². The summed E-state index contributed by atoms with van der Waals surface area (Å²) in [6.45, 7) is 9.63. The number of nitrogens with zero attached hydrogens (tertiary/aromatic N) is 2. The fraction of sp³-hybridized carbons (Fsp3) is 0.938. The van der Waals surface area contributed by atoms with Crippen molar-refractivity contribution in [3.8, 4) is 0 Å². The van der Waals surface area contributed by atoms with Gasteiger partial charge in [-0.2, -0.15) is 0 Å². The molecule has 0 radical (unpaired) electrons. The van der Waals surface area contributed by atoms with Crippen LogP contribution in [0.25, 0.3) is 0 Å². The van der Waals surface area contributed by atoms with Crippen molar-refractivity contribution in [3.05, 3.63) is 0 Å². The monoisotopic (exact) mass is 284 g/mol. The van der Waals surface area contributed by atoms with Crippen molar-refractivity contribution in [3.63, 3.8) is 0 Å². The number of aliphatic carboxylic acids is 1. The molecule has 4 heteroatoms. The van der Waals surface area contributed by atoms with Gasteiger partial charge in [0.25, 0.3) is 0 Å². The summed E-state index contributed by atoms with van der Waals surface area (Å²) >= 11 is 0. The number of carboxylic acid groups (broad SMARTS) is 1. The zero-order valence-electron chi connectivity index (χ0n) is 13.8. The third-order valence-corrected chi connectivity index (χ3v) is 4.30. The van der Waals surface area contributed by atoms with Crippen LogP contribution in [0, 0.1) is 17.8 Å². The van der Waals surface area contributed by atoms with Crippen LogP contribution in [0.1, 0.15) is 40.0 Å². The van der Waals surface area contributed by atoms with Gasteiger partial charge in [-0.05, 0) is 45.2 Å². The van der Waals surface area contributed by atoms with Crippen molar-refractivity contribution >= 4 is 5.97 Å². The third kappa shape index (κ3) is 5.41. The molecule has 0 saturated heterocycles. The van der Waals surface area contributed by atoms with E-state index in [-0.39, 0.29) is 12.0 Å². The summed E-state index contributed by atoms with van der Waals surface area (Å²) in [6, 6.07) is 0.207. The van der Waals surface area contributed by atoms with E-state index in [1.807, 2.05) is 0 Å². The lowest BCUT2D eigenvalue weighted by Crippen LogP contribution is -2.50. The number of hydrogen-bond donors (Lipinski definition) is 1. The van der Waals surface area contributed by atoms with Crippen LogP contribution in [0.3, 0.4) is 0 Å². The zero-order valence-corrected chi connectivity index (χ0v) is 13.8. The number of carboxylic acids is 1. The minimum Gasteiger partial charge on any atom is -0.481 e. The van der Waals surface area contributed by atoms with E-state index in [0.29, 0.717) is 11.8 Å². The fourth-order valence-corrected chi connectivity index (χ4v) is 3.23. The van der Waals surface area contributed by atoms with Crippen LogP contribution in [0.2, 0.25) is 0 Å². The predicted octanol–water partition coefficient (Wildman–Crippen LogP) is 2.40. The summed E-state index contributed by atoms with van der Waals surface area (Å²) in [5.41, 5.74) is 0. The Balaban J connectivity index is 2.79. The van der Waals surface area contributed by atoms with E-state index in [4.69, 9.17) is 0 Å². The summed E-state index contributed by atoms with van der Waals surface area (Å²) < 4.78 is 0. The molecule has 1 aliphatic carbocycles.